The number of benzene rings is 1. The fraction of sp³-hybridized carbons (Fsp3) is 0.353. The van der Waals surface area contributed by atoms with Crippen molar-refractivity contribution < 1.29 is 17.6 Å². The molecule has 1 N–H and O–H groups in total. The van der Waals surface area contributed by atoms with Crippen molar-refractivity contribution in [3.05, 3.63) is 48.0 Å². The largest absolute Gasteiger partial charge is 0.334 e. The van der Waals surface area contributed by atoms with E-state index >= 15 is 0 Å². The first-order valence-electron chi connectivity index (χ1n) is 8.25. The predicted molar refractivity (Wildman–Crippen MR) is 95.5 cm³/mol. The third kappa shape index (κ3) is 3.98. The summed E-state index contributed by atoms with van der Waals surface area (Å²) in [4.78, 5) is 22.5. The van der Waals surface area contributed by atoms with E-state index in [1.165, 1.54) is 29.3 Å². The number of carbonyl (C=O) groups is 1. The minimum absolute atomic E-state index is 0.0298. The van der Waals surface area contributed by atoms with Crippen LogP contribution in [0.2, 0.25) is 0 Å². The Morgan fingerprint density at radius 3 is 2.77 bits per heavy atom. The lowest BCUT2D eigenvalue weighted by atomic mass is 10.2. The van der Waals surface area contributed by atoms with E-state index in [9.17, 15) is 17.6 Å². The summed E-state index contributed by atoms with van der Waals surface area (Å²) in [5.74, 6) is -0.674. The number of anilines is 2. The molecule has 3 rings (SSSR count). The van der Waals surface area contributed by atoms with Crippen LogP contribution in [-0.2, 0) is 9.84 Å². The molecular formula is C17H19FN4O3S. The zero-order valence-corrected chi connectivity index (χ0v) is 15.0. The van der Waals surface area contributed by atoms with Gasteiger partial charge in [0.05, 0.1) is 17.2 Å². The van der Waals surface area contributed by atoms with Crippen molar-refractivity contribution in [2.75, 3.05) is 23.4 Å². The van der Waals surface area contributed by atoms with Gasteiger partial charge in [0.25, 0.3) is 5.91 Å². The number of halogens is 1. The lowest BCUT2D eigenvalue weighted by molar-refractivity contribution is 0.0702. The van der Waals surface area contributed by atoms with E-state index in [-0.39, 0.29) is 40.8 Å². The summed E-state index contributed by atoms with van der Waals surface area (Å²) in [5, 5.41) is 2.74. The number of sulfone groups is 1. The highest BCUT2D eigenvalue weighted by Gasteiger charge is 2.34. The van der Waals surface area contributed by atoms with Crippen molar-refractivity contribution >= 4 is 27.4 Å². The van der Waals surface area contributed by atoms with E-state index in [0.29, 0.717) is 13.0 Å². The Labute approximate surface area is 151 Å². The summed E-state index contributed by atoms with van der Waals surface area (Å²) < 4.78 is 37.1. The number of nitrogens with zero attached hydrogens (tertiary/aromatic N) is 3. The molecule has 1 aliphatic rings. The van der Waals surface area contributed by atoms with Gasteiger partial charge in [-0.2, -0.15) is 0 Å². The van der Waals surface area contributed by atoms with E-state index in [1.54, 1.807) is 19.1 Å². The molecule has 1 unspecified atom stereocenters. The van der Waals surface area contributed by atoms with Gasteiger partial charge in [-0.1, -0.05) is 12.1 Å². The van der Waals surface area contributed by atoms with Crippen molar-refractivity contribution in [3.63, 3.8) is 0 Å². The second-order valence-electron chi connectivity index (χ2n) is 6.02. The van der Waals surface area contributed by atoms with Crippen LogP contribution in [0, 0.1) is 5.82 Å². The molecular weight excluding hydrogens is 359 g/mol. The number of aromatic nitrogens is 2. The molecule has 0 spiro atoms. The van der Waals surface area contributed by atoms with E-state index in [4.69, 9.17) is 0 Å². The second kappa shape index (κ2) is 7.36. The topological polar surface area (TPSA) is 92.3 Å². The molecule has 1 atom stereocenters. The summed E-state index contributed by atoms with van der Waals surface area (Å²) in [5.41, 5.74) is 0.330. The maximum absolute atomic E-state index is 13.7. The quantitative estimate of drug-likeness (QED) is 0.856. The molecule has 26 heavy (non-hydrogen) atoms. The Kier molecular flexibility index (Phi) is 5.17. The Morgan fingerprint density at radius 2 is 2.12 bits per heavy atom. The first kappa shape index (κ1) is 18.2. The van der Waals surface area contributed by atoms with Crippen LogP contribution in [0.4, 0.5) is 16.0 Å². The third-order valence-corrected chi connectivity index (χ3v) is 6.00. The van der Waals surface area contributed by atoms with Crippen molar-refractivity contribution in [2.45, 2.75) is 19.4 Å². The van der Waals surface area contributed by atoms with Crippen LogP contribution in [0.3, 0.4) is 0 Å². The summed E-state index contributed by atoms with van der Waals surface area (Å²) in [6, 6.07) is 7.18. The first-order valence-corrected chi connectivity index (χ1v) is 10.1. The van der Waals surface area contributed by atoms with Gasteiger partial charge in [-0.3, -0.25) is 4.79 Å². The zero-order valence-electron chi connectivity index (χ0n) is 14.2. The first-order chi connectivity index (χ1) is 12.4. The molecule has 0 saturated carbocycles. The molecule has 1 amide bonds. The van der Waals surface area contributed by atoms with Gasteiger partial charge >= 0.3 is 0 Å². The average molecular weight is 378 g/mol. The molecule has 2 heterocycles. The lowest BCUT2D eigenvalue weighted by Crippen LogP contribution is -2.41. The monoisotopic (exact) mass is 378 g/mol. The lowest BCUT2D eigenvalue weighted by Gasteiger charge is -2.26. The van der Waals surface area contributed by atoms with Gasteiger partial charge < -0.3 is 10.2 Å². The molecule has 0 radical (unpaired) electrons. The molecule has 1 aliphatic heterocycles. The minimum Gasteiger partial charge on any atom is -0.334 e. The standard InChI is InChI=1S/C17H19FN4O3S/c1-2-22(12-8-10-26(24,25)11-12)16(23)15-7-9-19-17(21-15)20-14-6-4-3-5-13(14)18/h3-7,9,12H,2,8,10-11H2,1H3,(H,19,20,21). The number of para-hydroxylation sites is 1. The molecule has 138 valence electrons. The Morgan fingerprint density at radius 1 is 1.35 bits per heavy atom. The summed E-state index contributed by atoms with van der Waals surface area (Å²) >= 11 is 0. The van der Waals surface area contributed by atoms with E-state index < -0.39 is 15.7 Å². The number of carbonyl (C=O) groups excluding carboxylic acids is 1. The van der Waals surface area contributed by atoms with Crippen LogP contribution in [0.25, 0.3) is 0 Å². The van der Waals surface area contributed by atoms with Crippen molar-refractivity contribution in [2.24, 2.45) is 0 Å². The van der Waals surface area contributed by atoms with Gasteiger partial charge in [-0.15, -0.1) is 0 Å². The maximum atomic E-state index is 13.7. The number of hydrogen-bond acceptors (Lipinski definition) is 6. The Bertz CT molecular complexity index is 920. The van der Waals surface area contributed by atoms with E-state index in [1.807, 2.05) is 0 Å². The van der Waals surface area contributed by atoms with E-state index in [0.717, 1.165) is 0 Å². The van der Waals surface area contributed by atoms with Crippen molar-refractivity contribution in [3.8, 4) is 0 Å². The number of nitrogens with one attached hydrogen (secondary N) is 1. The Hall–Kier alpha value is -2.55. The fourth-order valence-electron chi connectivity index (χ4n) is 2.96. The SMILES string of the molecule is CCN(C(=O)c1ccnc(Nc2ccccc2F)n1)C1CCS(=O)(=O)C1. The summed E-state index contributed by atoms with van der Waals surface area (Å²) in [6.45, 7) is 2.17. The minimum atomic E-state index is -3.10. The Balaban J connectivity index is 1.80. The van der Waals surface area contributed by atoms with Crippen LogP contribution in [0.5, 0.6) is 0 Å². The van der Waals surface area contributed by atoms with Crippen LogP contribution in [0.1, 0.15) is 23.8 Å². The van der Waals surface area contributed by atoms with Gasteiger partial charge in [0.15, 0.2) is 9.84 Å². The molecule has 1 aromatic carbocycles. The maximum Gasteiger partial charge on any atom is 0.272 e. The molecule has 7 nitrogen and oxygen atoms in total. The fourth-order valence-corrected chi connectivity index (χ4v) is 4.69. The van der Waals surface area contributed by atoms with Crippen LogP contribution in [-0.4, -0.2) is 53.3 Å². The summed E-state index contributed by atoms with van der Waals surface area (Å²) in [6.07, 6.45) is 1.83. The highest BCUT2D eigenvalue weighted by molar-refractivity contribution is 7.91. The predicted octanol–water partition coefficient (Wildman–Crippen LogP) is 2.01. The second-order valence-corrected chi connectivity index (χ2v) is 8.25. The number of amides is 1. The smallest absolute Gasteiger partial charge is 0.272 e. The third-order valence-electron chi connectivity index (χ3n) is 4.25. The normalized spacial score (nSPS) is 18.5. The molecule has 0 aliphatic carbocycles. The van der Waals surface area contributed by atoms with Gasteiger partial charge in [0.1, 0.15) is 11.5 Å². The van der Waals surface area contributed by atoms with Gasteiger partial charge in [-0.25, -0.2) is 22.8 Å². The van der Waals surface area contributed by atoms with Gasteiger partial charge in [0.2, 0.25) is 5.95 Å². The van der Waals surface area contributed by atoms with Crippen molar-refractivity contribution in [1.82, 2.24) is 14.9 Å². The average Bonchev–Trinajstić information content (AvgIpc) is 2.97. The molecule has 1 saturated heterocycles. The number of rotatable bonds is 5. The molecule has 9 heteroatoms. The van der Waals surface area contributed by atoms with Crippen LogP contribution < -0.4 is 5.32 Å². The molecule has 2 aromatic rings. The zero-order chi connectivity index (χ0) is 18.7. The molecule has 1 fully saturated rings. The highest BCUT2D eigenvalue weighted by atomic mass is 32.2. The van der Waals surface area contributed by atoms with E-state index in [2.05, 4.69) is 15.3 Å². The van der Waals surface area contributed by atoms with Crippen LogP contribution in [0.15, 0.2) is 36.5 Å². The van der Waals surface area contributed by atoms with Gasteiger partial charge in [-0.05, 0) is 31.5 Å². The highest BCUT2D eigenvalue weighted by Crippen LogP contribution is 2.20. The van der Waals surface area contributed by atoms with Crippen LogP contribution >= 0.6 is 0 Å². The van der Waals surface area contributed by atoms with Gasteiger partial charge in [0, 0.05) is 18.8 Å². The molecule has 0 bridgehead atoms. The molecule has 1 aromatic heterocycles. The number of hydrogen-bond donors (Lipinski definition) is 1. The summed E-state index contributed by atoms with van der Waals surface area (Å²) in [7, 11) is -3.10. The van der Waals surface area contributed by atoms with Crippen molar-refractivity contribution in [1.29, 1.82) is 0 Å².